The molecule has 2 heterocycles. The lowest BCUT2D eigenvalue weighted by atomic mass is 9.93. The molecule has 1 fully saturated rings. The van der Waals surface area contributed by atoms with Crippen molar-refractivity contribution in [2.24, 2.45) is 5.92 Å². The minimum atomic E-state index is 0.388. The van der Waals surface area contributed by atoms with Crippen molar-refractivity contribution in [2.45, 2.75) is 25.8 Å². The highest BCUT2D eigenvalue weighted by Gasteiger charge is 2.20. The molecule has 1 atom stereocenters. The number of methoxy groups -OCH3 is 1. The van der Waals surface area contributed by atoms with E-state index in [4.69, 9.17) is 9.47 Å². The first-order chi connectivity index (χ1) is 8.29. The minimum Gasteiger partial charge on any atom is -0.481 e. The second-order valence-electron chi connectivity index (χ2n) is 4.33. The molecule has 1 aromatic rings. The van der Waals surface area contributed by atoms with E-state index < -0.39 is 0 Å². The third-order valence-electron chi connectivity index (χ3n) is 3.20. The zero-order valence-corrected chi connectivity index (χ0v) is 10.3. The number of hydrogen-bond donors (Lipinski definition) is 1. The smallest absolute Gasteiger partial charge is 0.218 e. The normalized spacial score (nSPS) is 18.7. The van der Waals surface area contributed by atoms with Gasteiger partial charge in [-0.05, 0) is 25.7 Å². The van der Waals surface area contributed by atoms with Crippen LogP contribution in [0.2, 0.25) is 0 Å². The van der Waals surface area contributed by atoms with Crippen LogP contribution in [-0.4, -0.2) is 36.3 Å². The van der Waals surface area contributed by atoms with Crippen LogP contribution < -0.4 is 10.1 Å². The Morgan fingerprint density at radius 2 is 2.18 bits per heavy atom. The Kier molecular flexibility index (Phi) is 4.14. The fourth-order valence-corrected chi connectivity index (χ4v) is 2.10. The number of rotatable bonds is 4. The molecular formula is C12H19N3O2. The lowest BCUT2D eigenvalue weighted by molar-refractivity contribution is 0.0622. The highest BCUT2D eigenvalue weighted by atomic mass is 16.5. The Morgan fingerprint density at radius 3 is 2.88 bits per heavy atom. The number of nitrogens with one attached hydrogen (secondary N) is 1. The van der Waals surface area contributed by atoms with Gasteiger partial charge >= 0.3 is 0 Å². The molecule has 1 aromatic heterocycles. The van der Waals surface area contributed by atoms with Gasteiger partial charge in [-0.3, -0.25) is 0 Å². The maximum Gasteiger partial charge on any atom is 0.218 e. The van der Waals surface area contributed by atoms with E-state index in [9.17, 15) is 0 Å². The van der Waals surface area contributed by atoms with Crippen LogP contribution >= 0.6 is 0 Å². The zero-order chi connectivity index (χ0) is 12.1. The standard InChI is InChI=1S/C12H19N3O2/c1-9(10-3-5-17-6-4-10)15-11-7-12(16-2)14-8-13-11/h7-10H,3-6H2,1-2H3,(H,13,14,15). The maximum atomic E-state index is 5.36. The first-order valence-electron chi connectivity index (χ1n) is 6.00. The first-order valence-corrected chi connectivity index (χ1v) is 6.00. The molecule has 5 nitrogen and oxygen atoms in total. The van der Waals surface area contributed by atoms with Gasteiger partial charge in [-0.25, -0.2) is 9.97 Å². The fraction of sp³-hybridized carbons (Fsp3) is 0.667. The summed E-state index contributed by atoms with van der Waals surface area (Å²) < 4.78 is 10.4. The summed E-state index contributed by atoms with van der Waals surface area (Å²) in [5, 5.41) is 3.40. The maximum absolute atomic E-state index is 5.36. The van der Waals surface area contributed by atoms with E-state index in [0.29, 0.717) is 17.8 Å². The molecule has 94 valence electrons. The molecule has 5 heteroatoms. The van der Waals surface area contributed by atoms with Gasteiger partial charge in [0.2, 0.25) is 5.88 Å². The number of aromatic nitrogens is 2. The van der Waals surface area contributed by atoms with Gasteiger partial charge in [0, 0.05) is 25.3 Å². The quantitative estimate of drug-likeness (QED) is 0.864. The van der Waals surface area contributed by atoms with Gasteiger partial charge in [-0.1, -0.05) is 0 Å². The molecule has 1 aliphatic rings. The van der Waals surface area contributed by atoms with Crippen molar-refractivity contribution < 1.29 is 9.47 Å². The van der Waals surface area contributed by atoms with Crippen molar-refractivity contribution >= 4 is 5.82 Å². The summed E-state index contributed by atoms with van der Waals surface area (Å²) >= 11 is 0. The Bertz CT molecular complexity index is 353. The molecule has 1 aliphatic heterocycles. The molecule has 0 saturated carbocycles. The average Bonchev–Trinajstić information content (AvgIpc) is 2.40. The predicted octanol–water partition coefficient (Wildman–Crippen LogP) is 1.71. The van der Waals surface area contributed by atoms with E-state index in [1.165, 1.54) is 6.33 Å². The molecule has 1 saturated heterocycles. The van der Waals surface area contributed by atoms with Crippen molar-refractivity contribution in [3.8, 4) is 5.88 Å². The second-order valence-corrected chi connectivity index (χ2v) is 4.33. The highest BCUT2D eigenvalue weighted by Crippen LogP contribution is 2.21. The van der Waals surface area contributed by atoms with E-state index in [1.54, 1.807) is 7.11 Å². The molecule has 0 spiro atoms. The van der Waals surface area contributed by atoms with Crippen molar-refractivity contribution in [3.05, 3.63) is 12.4 Å². The van der Waals surface area contributed by atoms with Gasteiger partial charge in [-0.15, -0.1) is 0 Å². The number of anilines is 1. The molecule has 1 N–H and O–H groups in total. The molecule has 17 heavy (non-hydrogen) atoms. The van der Waals surface area contributed by atoms with Crippen molar-refractivity contribution in [2.75, 3.05) is 25.6 Å². The topological polar surface area (TPSA) is 56.3 Å². The van der Waals surface area contributed by atoms with Crippen LogP contribution in [0.25, 0.3) is 0 Å². The summed E-state index contributed by atoms with van der Waals surface area (Å²) in [5.41, 5.74) is 0. The monoisotopic (exact) mass is 237 g/mol. The van der Waals surface area contributed by atoms with Crippen LogP contribution in [0.3, 0.4) is 0 Å². The average molecular weight is 237 g/mol. The predicted molar refractivity (Wildman–Crippen MR) is 65.2 cm³/mol. The Morgan fingerprint density at radius 1 is 1.41 bits per heavy atom. The number of hydrogen-bond acceptors (Lipinski definition) is 5. The molecule has 2 rings (SSSR count). The summed E-state index contributed by atoms with van der Waals surface area (Å²) in [5.74, 6) is 2.04. The van der Waals surface area contributed by atoms with Crippen LogP contribution in [0, 0.1) is 5.92 Å². The van der Waals surface area contributed by atoms with E-state index in [-0.39, 0.29) is 0 Å². The lowest BCUT2D eigenvalue weighted by Gasteiger charge is -2.28. The van der Waals surface area contributed by atoms with Gasteiger partial charge in [-0.2, -0.15) is 0 Å². The Balaban J connectivity index is 1.94. The van der Waals surface area contributed by atoms with E-state index in [1.807, 2.05) is 6.07 Å². The van der Waals surface area contributed by atoms with E-state index >= 15 is 0 Å². The van der Waals surface area contributed by atoms with Crippen LogP contribution in [0.15, 0.2) is 12.4 Å². The molecule has 0 bridgehead atoms. The Hall–Kier alpha value is -1.36. The summed E-state index contributed by atoms with van der Waals surface area (Å²) in [7, 11) is 1.61. The SMILES string of the molecule is COc1cc(NC(C)C2CCOCC2)ncn1. The van der Waals surface area contributed by atoms with Crippen LogP contribution in [-0.2, 0) is 4.74 Å². The summed E-state index contributed by atoms with van der Waals surface area (Å²) in [4.78, 5) is 8.17. The molecular weight excluding hydrogens is 218 g/mol. The fourth-order valence-electron chi connectivity index (χ4n) is 2.10. The number of nitrogens with zero attached hydrogens (tertiary/aromatic N) is 2. The molecule has 0 aliphatic carbocycles. The largest absolute Gasteiger partial charge is 0.481 e. The van der Waals surface area contributed by atoms with Gasteiger partial charge in [0.15, 0.2) is 0 Å². The van der Waals surface area contributed by atoms with Crippen LogP contribution in [0.1, 0.15) is 19.8 Å². The minimum absolute atomic E-state index is 0.388. The first kappa shape index (κ1) is 12.1. The highest BCUT2D eigenvalue weighted by molar-refractivity contribution is 5.38. The molecule has 1 unspecified atom stereocenters. The van der Waals surface area contributed by atoms with Crippen LogP contribution in [0.4, 0.5) is 5.82 Å². The van der Waals surface area contributed by atoms with Crippen molar-refractivity contribution in [1.29, 1.82) is 0 Å². The zero-order valence-electron chi connectivity index (χ0n) is 10.3. The summed E-state index contributed by atoms with van der Waals surface area (Å²) in [6.45, 7) is 3.91. The van der Waals surface area contributed by atoms with Crippen LogP contribution in [0.5, 0.6) is 5.88 Å². The van der Waals surface area contributed by atoms with Gasteiger partial charge in [0.1, 0.15) is 12.1 Å². The third kappa shape index (κ3) is 3.30. The summed E-state index contributed by atoms with van der Waals surface area (Å²) in [6.07, 6.45) is 3.73. The molecule has 0 aromatic carbocycles. The molecule has 0 radical (unpaired) electrons. The third-order valence-corrected chi connectivity index (χ3v) is 3.20. The van der Waals surface area contributed by atoms with Crippen molar-refractivity contribution in [3.63, 3.8) is 0 Å². The second kappa shape index (κ2) is 5.82. The van der Waals surface area contributed by atoms with Gasteiger partial charge in [0.05, 0.1) is 7.11 Å². The van der Waals surface area contributed by atoms with Gasteiger partial charge in [0.25, 0.3) is 0 Å². The Labute approximate surface area is 102 Å². The number of ether oxygens (including phenoxy) is 2. The lowest BCUT2D eigenvalue weighted by Crippen LogP contribution is -2.31. The molecule has 0 amide bonds. The van der Waals surface area contributed by atoms with E-state index in [2.05, 4.69) is 22.2 Å². The summed E-state index contributed by atoms with van der Waals surface area (Å²) in [6, 6.07) is 2.20. The van der Waals surface area contributed by atoms with Crippen molar-refractivity contribution in [1.82, 2.24) is 9.97 Å². The van der Waals surface area contributed by atoms with Gasteiger partial charge < -0.3 is 14.8 Å². The van der Waals surface area contributed by atoms with E-state index in [0.717, 1.165) is 31.9 Å².